The molecule has 1 aliphatic rings. The molecule has 0 spiro atoms. The molecule has 0 aliphatic carbocycles. The van der Waals surface area contributed by atoms with Crippen molar-refractivity contribution >= 4 is 17.5 Å². The standard InChI is InChI=1S/C15H20ClFN2O2/c1-21-8-7-19(10-12-3-2-6-18-12)15(20)13-5-4-11(17)9-14(13)16/h4-5,9,12,18H,2-3,6-8,10H2,1H3. The van der Waals surface area contributed by atoms with E-state index >= 15 is 0 Å². The van der Waals surface area contributed by atoms with Crippen LogP contribution in [0.5, 0.6) is 0 Å². The molecule has 2 rings (SSSR count). The van der Waals surface area contributed by atoms with Gasteiger partial charge in [0.1, 0.15) is 5.82 Å². The van der Waals surface area contributed by atoms with Crippen LogP contribution in [0.4, 0.5) is 4.39 Å². The van der Waals surface area contributed by atoms with Crippen molar-refractivity contribution in [2.75, 3.05) is 33.4 Å². The Balaban J connectivity index is 2.11. The van der Waals surface area contributed by atoms with E-state index in [9.17, 15) is 9.18 Å². The number of benzene rings is 1. The Morgan fingerprint density at radius 3 is 3.00 bits per heavy atom. The van der Waals surface area contributed by atoms with Crippen LogP contribution in [-0.4, -0.2) is 50.2 Å². The Morgan fingerprint density at radius 2 is 2.38 bits per heavy atom. The molecule has 1 aromatic carbocycles. The Bertz CT molecular complexity index is 493. The van der Waals surface area contributed by atoms with Crippen LogP contribution in [0, 0.1) is 5.82 Å². The van der Waals surface area contributed by atoms with Crippen molar-refractivity contribution < 1.29 is 13.9 Å². The average molecular weight is 315 g/mol. The summed E-state index contributed by atoms with van der Waals surface area (Å²) in [5.74, 6) is -0.636. The Morgan fingerprint density at radius 1 is 1.57 bits per heavy atom. The molecule has 116 valence electrons. The van der Waals surface area contributed by atoms with E-state index in [0.29, 0.717) is 31.3 Å². The van der Waals surface area contributed by atoms with Crippen LogP contribution < -0.4 is 5.32 Å². The van der Waals surface area contributed by atoms with E-state index in [4.69, 9.17) is 16.3 Å². The van der Waals surface area contributed by atoms with Crippen LogP contribution in [0.25, 0.3) is 0 Å². The number of carbonyl (C=O) groups excluding carboxylic acids is 1. The second kappa shape index (κ2) is 7.73. The van der Waals surface area contributed by atoms with Gasteiger partial charge in [0.25, 0.3) is 5.91 Å². The quantitative estimate of drug-likeness (QED) is 0.876. The average Bonchev–Trinajstić information content (AvgIpc) is 2.95. The van der Waals surface area contributed by atoms with Crippen LogP contribution in [0.2, 0.25) is 5.02 Å². The first kappa shape index (κ1) is 16.2. The highest BCUT2D eigenvalue weighted by atomic mass is 35.5. The van der Waals surface area contributed by atoms with Crippen molar-refractivity contribution in [3.63, 3.8) is 0 Å². The molecule has 1 saturated heterocycles. The number of methoxy groups -OCH3 is 1. The van der Waals surface area contributed by atoms with E-state index in [0.717, 1.165) is 25.5 Å². The summed E-state index contributed by atoms with van der Waals surface area (Å²) < 4.78 is 18.2. The minimum atomic E-state index is -0.447. The molecule has 1 fully saturated rings. The molecule has 6 heteroatoms. The van der Waals surface area contributed by atoms with Crippen LogP contribution in [0.1, 0.15) is 23.2 Å². The monoisotopic (exact) mass is 314 g/mol. The summed E-state index contributed by atoms with van der Waals surface area (Å²) in [6.45, 7) is 2.53. The summed E-state index contributed by atoms with van der Waals surface area (Å²) in [5.41, 5.74) is 0.326. The van der Waals surface area contributed by atoms with Crippen molar-refractivity contribution in [2.45, 2.75) is 18.9 Å². The number of nitrogens with one attached hydrogen (secondary N) is 1. The van der Waals surface area contributed by atoms with Crippen molar-refractivity contribution in [3.05, 3.63) is 34.6 Å². The van der Waals surface area contributed by atoms with Gasteiger partial charge in [0.05, 0.1) is 17.2 Å². The first-order valence-electron chi connectivity index (χ1n) is 7.08. The van der Waals surface area contributed by atoms with Crippen molar-refractivity contribution in [3.8, 4) is 0 Å². The highest BCUT2D eigenvalue weighted by Crippen LogP contribution is 2.20. The lowest BCUT2D eigenvalue weighted by Gasteiger charge is -2.26. The van der Waals surface area contributed by atoms with Gasteiger partial charge in [-0.3, -0.25) is 4.79 Å². The zero-order valence-corrected chi connectivity index (χ0v) is 12.8. The van der Waals surface area contributed by atoms with Gasteiger partial charge in [-0.1, -0.05) is 11.6 Å². The molecular weight excluding hydrogens is 295 g/mol. The maximum atomic E-state index is 13.1. The van der Waals surface area contributed by atoms with Crippen molar-refractivity contribution in [1.82, 2.24) is 10.2 Å². The lowest BCUT2D eigenvalue weighted by atomic mass is 10.1. The van der Waals surface area contributed by atoms with Crippen LogP contribution in [0.15, 0.2) is 18.2 Å². The largest absolute Gasteiger partial charge is 0.383 e. The number of rotatable bonds is 6. The second-order valence-electron chi connectivity index (χ2n) is 5.16. The normalized spacial score (nSPS) is 18.0. The Hall–Kier alpha value is -1.17. The van der Waals surface area contributed by atoms with E-state index in [2.05, 4.69) is 5.32 Å². The molecule has 0 bridgehead atoms. The van der Waals surface area contributed by atoms with E-state index < -0.39 is 5.82 Å². The summed E-state index contributed by atoms with van der Waals surface area (Å²) in [4.78, 5) is 14.3. The number of nitrogens with zero attached hydrogens (tertiary/aromatic N) is 1. The molecule has 1 aromatic rings. The van der Waals surface area contributed by atoms with Gasteiger partial charge < -0.3 is 15.0 Å². The zero-order valence-electron chi connectivity index (χ0n) is 12.1. The predicted octanol–water partition coefficient (Wildman–Crippen LogP) is 2.32. The number of hydrogen-bond acceptors (Lipinski definition) is 3. The summed E-state index contributed by atoms with van der Waals surface area (Å²) in [6, 6.07) is 4.14. The highest BCUT2D eigenvalue weighted by molar-refractivity contribution is 6.33. The smallest absolute Gasteiger partial charge is 0.255 e. The Labute approximate surface area is 129 Å². The number of ether oxygens (including phenoxy) is 1. The van der Waals surface area contributed by atoms with Gasteiger partial charge >= 0.3 is 0 Å². The molecule has 21 heavy (non-hydrogen) atoms. The Kier molecular flexibility index (Phi) is 5.96. The third-order valence-electron chi connectivity index (χ3n) is 3.62. The zero-order chi connectivity index (χ0) is 15.2. The van der Waals surface area contributed by atoms with Crippen LogP contribution in [0.3, 0.4) is 0 Å². The molecule has 0 aromatic heterocycles. The molecule has 1 amide bonds. The topological polar surface area (TPSA) is 41.6 Å². The SMILES string of the molecule is COCCN(CC1CCCN1)C(=O)c1ccc(F)cc1Cl. The lowest BCUT2D eigenvalue weighted by molar-refractivity contribution is 0.0679. The van der Waals surface area contributed by atoms with Crippen molar-refractivity contribution in [1.29, 1.82) is 0 Å². The number of carbonyl (C=O) groups is 1. The van der Waals surface area contributed by atoms with E-state index in [1.807, 2.05) is 0 Å². The number of halogens is 2. The highest BCUT2D eigenvalue weighted by Gasteiger charge is 2.23. The predicted molar refractivity (Wildman–Crippen MR) is 80.2 cm³/mol. The summed E-state index contributed by atoms with van der Waals surface area (Å²) in [6.07, 6.45) is 2.17. The van der Waals surface area contributed by atoms with Gasteiger partial charge in [-0.2, -0.15) is 0 Å². The third kappa shape index (κ3) is 4.40. The summed E-state index contributed by atoms with van der Waals surface area (Å²) in [5, 5.41) is 3.51. The molecule has 1 aliphatic heterocycles. The molecule has 0 radical (unpaired) electrons. The van der Waals surface area contributed by atoms with E-state index in [1.54, 1.807) is 12.0 Å². The van der Waals surface area contributed by atoms with Gasteiger partial charge in [0, 0.05) is 26.2 Å². The fraction of sp³-hybridized carbons (Fsp3) is 0.533. The maximum Gasteiger partial charge on any atom is 0.255 e. The van der Waals surface area contributed by atoms with Crippen LogP contribution >= 0.6 is 11.6 Å². The summed E-state index contributed by atoms with van der Waals surface area (Å²) in [7, 11) is 1.60. The van der Waals surface area contributed by atoms with Gasteiger partial charge in [-0.05, 0) is 37.6 Å². The first-order chi connectivity index (χ1) is 10.1. The molecule has 1 heterocycles. The van der Waals surface area contributed by atoms with Gasteiger partial charge in [0.15, 0.2) is 0 Å². The van der Waals surface area contributed by atoms with E-state index in [-0.39, 0.29) is 10.9 Å². The molecule has 0 saturated carbocycles. The second-order valence-corrected chi connectivity index (χ2v) is 5.57. The molecule has 1 unspecified atom stereocenters. The van der Waals surface area contributed by atoms with Gasteiger partial charge in [0.2, 0.25) is 0 Å². The molecular formula is C15H20ClFN2O2. The third-order valence-corrected chi connectivity index (χ3v) is 3.93. The fourth-order valence-corrected chi connectivity index (χ4v) is 2.74. The minimum Gasteiger partial charge on any atom is -0.383 e. The first-order valence-corrected chi connectivity index (χ1v) is 7.46. The number of amides is 1. The lowest BCUT2D eigenvalue weighted by Crippen LogP contribution is -2.42. The van der Waals surface area contributed by atoms with Gasteiger partial charge in [-0.15, -0.1) is 0 Å². The van der Waals surface area contributed by atoms with Gasteiger partial charge in [-0.25, -0.2) is 4.39 Å². The fourth-order valence-electron chi connectivity index (χ4n) is 2.49. The molecule has 1 N–H and O–H groups in total. The molecule has 1 atom stereocenters. The number of hydrogen-bond donors (Lipinski definition) is 1. The maximum absolute atomic E-state index is 13.1. The van der Waals surface area contributed by atoms with Crippen molar-refractivity contribution in [2.24, 2.45) is 0 Å². The van der Waals surface area contributed by atoms with Crippen LogP contribution in [-0.2, 0) is 4.74 Å². The van der Waals surface area contributed by atoms with E-state index in [1.165, 1.54) is 12.1 Å². The summed E-state index contributed by atoms with van der Waals surface area (Å²) >= 11 is 5.98. The molecule has 4 nitrogen and oxygen atoms in total. The minimum absolute atomic E-state index is 0.141.